The van der Waals surface area contributed by atoms with Crippen molar-refractivity contribution in [2.75, 3.05) is 38.7 Å². The lowest BCUT2D eigenvalue weighted by molar-refractivity contribution is -0.384. The van der Waals surface area contributed by atoms with E-state index < -0.39 is 0 Å². The molecule has 0 bridgehead atoms. The van der Waals surface area contributed by atoms with Crippen LogP contribution in [0.5, 0.6) is 0 Å². The molecule has 0 spiro atoms. The molecule has 1 aromatic carbocycles. The van der Waals surface area contributed by atoms with Crippen LogP contribution in [-0.4, -0.2) is 43.2 Å². The van der Waals surface area contributed by atoms with Gasteiger partial charge in [0.1, 0.15) is 0 Å². The number of methoxy groups -OCH3 is 1. The zero-order valence-electron chi connectivity index (χ0n) is 13.1. The van der Waals surface area contributed by atoms with Gasteiger partial charge in [-0.2, -0.15) is 0 Å². The SMILES string of the molecule is CCCNc1ccc([N+](=O)[O-])cc1CN(CC)CCOC. The Balaban J connectivity index is 2.92. The van der Waals surface area contributed by atoms with Crippen LogP contribution in [0.3, 0.4) is 0 Å². The number of nitrogens with one attached hydrogen (secondary N) is 1. The number of nitrogens with zero attached hydrogens (tertiary/aromatic N) is 2. The van der Waals surface area contributed by atoms with Gasteiger partial charge in [-0.25, -0.2) is 0 Å². The smallest absolute Gasteiger partial charge is 0.269 e. The van der Waals surface area contributed by atoms with Crippen molar-refractivity contribution in [3.8, 4) is 0 Å². The third-order valence-corrected chi connectivity index (χ3v) is 3.32. The summed E-state index contributed by atoms with van der Waals surface area (Å²) >= 11 is 0. The molecule has 0 aliphatic heterocycles. The molecule has 0 aliphatic rings. The molecule has 0 saturated heterocycles. The summed E-state index contributed by atoms with van der Waals surface area (Å²) < 4.78 is 5.10. The van der Waals surface area contributed by atoms with Crippen LogP contribution < -0.4 is 5.32 Å². The largest absolute Gasteiger partial charge is 0.385 e. The fourth-order valence-electron chi connectivity index (χ4n) is 2.07. The van der Waals surface area contributed by atoms with Crippen molar-refractivity contribution in [1.29, 1.82) is 0 Å². The van der Waals surface area contributed by atoms with E-state index in [4.69, 9.17) is 4.74 Å². The molecule has 0 aromatic heterocycles. The van der Waals surface area contributed by atoms with E-state index in [1.54, 1.807) is 25.3 Å². The maximum atomic E-state index is 11.0. The highest BCUT2D eigenvalue weighted by Gasteiger charge is 2.13. The van der Waals surface area contributed by atoms with E-state index >= 15 is 0 Å². The summed E-state index contributed by atoms with van der Waals surface area (Å²) in [4.78, 5) is 12.8. The highest BCUT2D eigenvalue weighted by molar-refractivity contribution is 5.56. The molecule has 6 heteroatoms. The van der Waals surface area contributed by atoms with Gasteiger partial charge < -0.3 is 10.1 Å². The first-order valence-corrected chi connectivity index (χ1v) is 7.34. The molecule has 0 radical (unpaired) electrons. The van der Waals surface area contributed by atoms with Gasteiger partial charge in [-0.3, -0.25) is 15.0 Å². The minimum atomic E-state index is -0.349. The third-order valence-electron chi connectivity index (χ3n) is 3.32. The van der Waals surface area contributed by atoms with Crippen LogP contribution in [-0.2, 0) is 11.3 Å². The monoisotopic (exact) mass is 295 g/mol. The molecule has 0 aliphatic carbocycles. The summed E-state index contributed by atoms with van der Waals surface area (Å²) in [6, 6.07) is 5.01. The summed E-state index contributed by atoms with van der Waals surface area (Å²) in [5.74, 6) is 0. The zero-order valence-corrected chi connectivity index (χ0v) is 13.1. The summed E-state index contributed by atoms with van der Waals surface area (Å²) in [7, 11) is 1.68. The number of ether oxygens (including phenoxy) is 1. The lowest BCUT2D eigenvalue weighted by Crippen LogP contribution is -2.27. The molecule has 0 heterocycles. The Morgan fingerprint density at radius 2 is 2.14 bits per heavy atom. The number of hydrogen-bond donors (Lipinski definition) is 1. The van der Waals surface area contributed by atoms with Crippen molar-refractivity contribution in [3.63, 3.8) is 0 Å². The number of likely N-dealkylation sites (N-methyl/N-ethyl adjacent to an activating group) is 1. The molecular formula is C15H25N3O3. The molecule has 0 fully saturated rings. The number of rotatable bonds is 10. The molecule has 0 unspecified atom stereocenters. The summed E-state index contributed by atoms with van der Waals surface area (Å²) in [6.45, 7) is 8.03. The van der Waals surface area contributed by atoms with Gasteiger partial charge in [-0.15, -0.1) is 0 Å². The van der Waals surface area contributed by atoms with Crippen LogP contribution in [0.15, 0.2) is 18.2 Å². The van der Waals surface area contributed by atoms with Crippen LogP contribution in [0.2, 0.25) is 0 Å². The van der Waals surface area contributed by atoms with E-state index in [1.807, 2.05) is 0 Å². The number of non-ortho nitro benzene ring substituents is 1. The fourth-order valence-corrected chi connectivity index (χ4v) is 2.07. The second kappa shape index (κ2) is 9.31. The van der Waals surface area contributed by atoms with E-state index in [9.17, 15) is 10.1 Å². The first-order valence-electron chi connectivity index (χ1n) is 7.34. The summed E-state index contributed by atoms with van der Waals surface area (Å²) in [6.07, 6.45) is 1.01. The maximum absolute atomic E-state index is 11.0. The van der Waals surface area contributed by atoms with Gasteiger partial charge in [0.25, 0.3) is 5.69 Å². The highest BCUT2D eigenvalue weighted by Crippen LogP contribution is 2.23. The van der Waals surface area contributed by atoms with Crippen molar-refractivity contribution in [1.82, 2.24) is 4.90 Å². The molecule has 1 aromatic rings. The van der Waals surface area contributed by atoms with Gasteiger partial charge >= 0.3 is 0 Å². The van der Waals surface area contributed by atoms with E-state index in [-0.39, 0.29) is 10.6 Å². The van der Waals surface area contributed by atoms with Gasteiger partial charge in [-0.05, 0) is 24.6 Å². The number of nitro groups is 1. The molecule has 0 amide bonds. The molecule has 6 nitrogen and oxygen atoms in total. The standard InChI is InChI=1S/C15H25N3O3/c1-4-8-16-15-7-6-14(18(19)20)11-13(15)12-17(5-2)9-10-21-3/h6-7,11,16H,4-5,8-10,12H2,1-3H3. The Morgan fingerprint density at radius 3 is 2.71 bits per heavy atom. The Bertz CT molecular complexity index is 452. The minimum absolute atomic E-state index is 0.134. The molecule has 1 rings (SSSR count). The number of hydrogen-bond acceptors (Lipinski definition) is 5. The quantitative estimate of drug-likeness (QED) is 0.531. The normalized spacial score (nSPS) is 10.9. The van der Waals surface area contributed by atoms with Crippen molar-refractivity contribution in [2.45, 2.75) is 26.8 Å². The van der Waals surface area contributed by atoms with Crippen molar-refractivity contribution in [2.24, 2.45) is 0 Å². The van der Waals surface area contributed by atoms with Gasteiger partial charge in [0.05, 0.1) is 11.5 Å². The first-order chi connectivity index (χ1) is 10.1. The van der Waals surface area contributed by atoms with E-state index in [2.05, 4.69) is 24.1 Å². The molecular weight excluding hydrogens is 270 g/mol. The molecule has 1 N–H and O–H groups in total. The highest BCUT2D eigenvalue weighted by atomic mass is 16.6. The van der Waals surface area contributed by atoms with Crippen molar-refractivity contribution in [3.05, 3.63) is 33.9 Å². The molecule has 0 saturated carbocycles. The van der Waals surface area contributed by atoms with Crippen LogP contribution in [0.4, 0.5) is 11.4 Å². The third kappa shape index (κ3) is 5.69. The second-order valence-electron chi connectivity index (χ2n) is 4.89. The van der Waals surface area contributed by atoms with Crippen LogP contribution >= 0.6 is 0 Å². The molecule has 0 atom stereocenters. The van der Waals surface area contributed by atoms with Gasteiger partial charge in [-0.1, -0.05) is 13.8 Å². The first kappa shape index (κ1) is 17.4. The topological polar surface area (TPSA) is 67.6 Å². The van der Waals surface area contributed by atoms with Gasteiger partial charge in [0, 0.05) is 44.6 Å². The summed E-state index contributed by atoms with van der Waals surface area (Å²) in [5.41, 5.74) is 2.06. The van der Waals surface area contributed by atoms with Crippen LogP contribution in [0.25, 0.3) is 0 Å². The number of anilines is 1. The van der Waals surface area contributed by atoms with Crippen molar-refractivity contribution >= 4 is 11.4 Å². The van der Waals surface area contributed by atoms with Crippen LogP contribution in [0.1, 0.15) is 25.8 Å². The van der Waals surface area contributed by atoms with Gasteiger partial charge in [0.15, 0.2) is 0 Å². The Kier molecular flexibility index (Phi) is 7.71. The van der Waals surface area contributed by atoms with E-state index in [0.29, 0.717) is 13.2 Å². The number of nitro benzene ring substituents is 1. The average molecular weight is 295 g/mol. The maximum Gasteiger partial charge on any atom is 0.269 e. The van der Waals surface area contributed by atoms with Crippen molar-refractivity contribution < 1.29 is 9.66 Å². The Morgan fingerprint density at radius 1 is 1.38 bits per heavy atom. The fraction of sp³-hybridized carbons (Fsp3) is 0.600. The second-order valence-corrected chi connectivity index (χ2v) is 4.89. The van der Waals surface area contributed by atoms with Gasteiger partial charge in [0.2, 0.25) is 0 Å². The molecule has 21 heavy (non-hydrogen) atoms. The summed E-state index contributed by atoms with van der Waals surface area (Å²) in [5, 5.41) is 14.3. The predicted octanol–water partition coefficient (Wildman–Crippen LogP) is 2.89. The van der Waals surface area contributed by atoms with E-state index in [0.717, 1.165) is 37.3 Å². The van der Waals surface area contributed by atoms with E-state index in [1.165, 1.54) is 0 Å². The zero-order chi connectivity index (χ0) is 15.7. The number of benzene rings is 1. The molecule has 118 valence electrons. The van der Waals surface area contributed by atoms with Crippen LogP contribution in [0, 0.1) is 10.1 Å². The lowest BCUT2D eigenvalue weighted by Gasteiger charge is -2.22. The lowest BCUT2D eigenvalue weighted by atomic mass is 10.1. The predicted molar refractivity (Wildman–Crippen MR) is 84.7 cm³/mol. The Hall–Kier alpha value is -1.66. The average Bonchev–Trinajstić information content (AvgIpc) is 2.49. The minimum Gasteiger partial charge on any atom is -0.385 e. The Labute approximate surface area is 126 Å².